The number of carbonyl (C=O) groups is 1. The first-order valence-corrected chi connectivity index (χ1v) is 10.5. The molecule has 150 valence electrons. The Morgan fingerprint density at radius 2 is 1.97 bits per heavy atom. The topological polar surface area (TPSA) is 64.9 Å². The number of nitriles is 1. The Labute approximate surface area is 181 Å². The largest absolute Gasteiger partial charge is 0.383 e. The molecular formula is C23H23Cl2N3O. The van der Waals surface area contributed by atoms with Crippen LogP contribution in [0.15, 0.2) is 48.2 Å². The van der Waals surface area contributed by atoms with Crippen LogP contribution < -0.4 is 10.6 Å². The summed E-state index contributed by atoms with van der Waals surface area (Å²) < 4.78 is 0. The first kappa shape index (κ1) is 21.2. The second-order valence-electron chi connectivity index (χ2n) is 7.09. The molecule has 0 radical (unpaired) electrons. The summed E-state index contributed by atoms with van der Waals surface area (Å²) in [5, 5.41) is 15.9. The van der Waals surface area contributed by atoms with Gasteiger partial charge in [-0.25, -0.2) is 0 Å². The molecule has 2 aromatic rings. The number of aryl methyl sites for hydroxylation is 2. The maximum atomic E-state index is 12.5. The molecule has 1 aliphatic carbocycles. The van der Waals surface area contributed by atoms with E-state index in [4.69, 9.17) is 23.2 Å². The van der Waals surface area contributed by atoms with Crippen molar-refractivity contribution in [1.29, 1.82) is 5.26 Å². The zero-order chi connectivity index (χ0) is 20.8. The number of halogens is 2. The Hall–Kier alpha value is -2.48. The quantitative estimate of drug-likeness (QED) is 0.441. The maximum absolute atomic E-state index is 12.5. The second-order valence-corrected chi connectivity index (χ2v) is 7.87. The molecule has 1 unspecified atom stereocenters. The SMILES string of the molecule is CCC(N/C=C(/C#N)C(=O)Nc1cccc(Cl)c1Cl)c1ccc2c(c1)CCCC2. The number of hydrogen-bond donors (Lipinski definition) is 2. The van der Waals surface area contributed by atoms with Crippen molar-refractivity contribution < 1.29 is 4.79 Å². The molecule has 6 heteroatoms. The highest BCUT2D eigenvalue weighted by atomic mass is 35.5. The van der Waals surface area contributed by atoms with Crippen LogP contribution in [0, 0.1) is 11.3 Å². The third-order valence-electron chi connectivity index (χ3n) is 5.18. The second kappa shape index (κ2) is 9.82. The van der Waals surface area contributed by atoms with Gasteiger partial charge in [-0.05, 0) is 60.9 Å². The fourth-order valence-electron chi connectivity index (χ4n) is 3.54. The van der Waals surface area contributed by atoms with Crippen LogP contribution in [0.5, 0.6) is 0 Å². The highest BCUT2D eigenvalue weighted by Gasteiger charge is 2.16. The van der Waals surface area contributed by atoms with Gasteiger partial charge in [-0.3, -0.25) is 4.79 Å². The molecule has 1 atom stereocenters. The molecule has 1 amide bonds. The van der Waals surface area contributed by atoms with Crippen LogP contribution in [-0.4, -0.2) is 5.91 Å². The molecule has 3 rings (SSSR count). The lowest BCUT2D eigenvalue weighted by Gasteiger charge is -2.21. The van der Waals surface area contributed by atoms with Gasteiger partial charge in [-0.2, -0.15) is 5.26 Å². The van der Waals surface area contributed by atoms with Crippen molar-refractivity contribution in [3.05, 3.63) is 74.9 Å². The van der Waals surface area contributed by atoms with Crippen LogP contribution >= 0.6 is 23.2 Å². The first-order chi connectivity index (χ1) is 14.0. The standard InChI is InChI=1S/C23H23Cl2N3O/c1-2-20(17-11-10-15-6-3-4-7-16(15)12-17)27-14-18(13-26)23(29)28-21-9-5-8-19(24)22(21)25/h5,8-12,14,20,27H,2-4,6-7H2,1H3,(H,28,29)/b18-14-. The first-order valence-electron chi connectivity index (χ1n) is 9.76. The lowest BCUT2D eigenvalue weighted by atomic mass is 9.89. The van der Waals surface area contributed by atoms with Crippen LogP contribution in [0.2, 0.25) is 10.0 Å². The lowest BCUT2D eigenvalue weighted by molar-refractivity contribution is -0.112. The minimum Gasteiger partial charge on any atom is -0.383 e. The van der Waals surface area contributed by atoms with E-state index in [2.05, 4.69) is 35.8 Å². The van der Waals surface area contributed by atoms with Gasteiger partial charge in [0.1, 0.15) is 11.6 Å². The number of nitrogens with zero attached hydrogens (tertiary/aromatic N) is 1. The monoisotopic (exact) mass is 427 g/mol. The van der Waals surface area contributed by atoms with Gasteiger partial charge < -0.3 is 10.6 Å². The van der Waals surface area contributed by atoms with E-state index in [-0.39, 0.29) is 16.6 Å². The summed E-state index contributed by atoms with van der Waals surface area (Å²) in [5.74, 6) is -0.538. The maximum Gasteiger partial charge on any atom is 0.267 e. The highest BCUT2D eigenvalue weighted by molar-refractivity contribution is 6.44. The van der Waals surface area contributed by atoms with Crippen molar-refractivity contribution in [1.82, 2.24) is 5.32 Å². The van der Waals surface area contributed by atoms with E-state index in [9.17, 15) is 10.1 Å². The van der Waals surface area contributed by atoms with Gasteiger partial charge in [0.25, 0.3) is 5.91 Å². The summed E-state index contributed by atoms with van der Waals surface area (Å²) in [6, 6.07) is 13.5. The molecule has 0 saturated heterocycles. The predicted molar refractivity (Wildman–Crippen MR) is 118 cm³/mol. The molecule has 4 nitrogen and oxygen atoms in total. The zero-order valence-electron chi connectivity index (χ0n) is 16.3. The molecule has 0 bridgehead atoms. The minimum atomic E-state index is -0.538. The van der Waals surface area contributed by atoms with E-state index in [0.717, 1.165) is 19.3 Å². The Kier molecular flexibility index (Phi) is 7.19. The summed E-state index contributed by atoms with van der Waals surface area (Å²) in [5.41, 5.74) is 4.34. The van der Waals surface area contributed by atoms with Gasteiger partial charge in [-0.15, -0.1) is 0 Å². The van der Waals surface area contributed by atoms with Crippen molar-refractivity contribution in [3.8, 4) is 6.07 Å². The number of nitrogens with one attached hydrogen (secondary N) is 2. The molecule has 0 heterocycles. The number of amides is 1. The molecule has 0 fully saturated rings. The molecule has 0 aromatic heterocycles. The number of benzene rings is 2. The number of fused-ring (bicyclic) bond motifs is 1. The van der Waals surface area contributed by atoms with E-state index >= 15 is 0 Å². The number of hydrogen-bond acceptors (Lipinski definition) is 3. The van der Waals surface area contributed by atoms with Gasteiger partial charge in [0.05, 0.1) is 21.8 Å². The highest BCUT2D eigenvalue weighted by Crippen LogP contribution is 2.30. The molecular weight excluding hydrogens is 405 g/mol. The van der Waals surface area contributed by atoms with Crippen LogP contribution in [0.1, 0.15) is 48.9 Å². The van der Waals surface area contributed by atoms with Gasteiger partial charge in [0.2, 0.25) is 0 Å². The normalized spacial score (nSPS) is 14.5. The fourth-order valence-corrected chi connectivity index (χ4v) is 3.89. The van der Waals surface area contributed by atoms with Crippen molar-refractivity contribution in [2.24, 2.45) is 0 Å². The zero-order valence-corrected chi connectivity index (χ0v) is 17.8. The van der Waals surface area contributed by atoms with Gasteiger partial charge >= 0.3 is 0 Å². The predicted octanol–water partition coefficient (Wildman–Crippen LogP) is 5.96. The minimum absolute atomic E-state index is 0.0214. The average Bonchev–Trinajstić information content (AvgIpc) is 2.74. The summed E-state index contributed by atoms with van der Waals surface area (Å²) in [6.07, 6.45) is 7.04. The molecule has 0 spiro atoms. The smallest absolute Gasteiger partial charge is 0.267 e. The number of anilines is 1. The summed E-state index contributed by atoms with van der Waals surface area (Å²) in [4.78, 5) is 12.5. The van der Waals surface area contributed by atoms with E-state index in [1.165, 1.54) is 35.7 Å². The Bertz CT molecular complexity index is 979. The molecule has 0 saturated carbocycles. The molecule has 0 aliphatic heterocycles. The fraction of sp³-hybridized carbons (Fsp3) is 0.304. The third-order valence-corrected chi connectivity index (χ3v) is 6.00. The van der Waals surface area contributed by atoms with E-state index in [1.807, 2.05) is 6.07 Å². The summed E-state index contributed by atoms with van der Waals surface area (Å²) >= 11 is 12.1. The van der Waals surface area contributed by atoms with Crippen LogP contribution in [0.25, 0.3) is 0 Å². The van der Waals surface area contributed by atoms with Crippen molar-refractivity contribution >= 4 is 34.8 Å². The van der Waals surface area contributed by atoms with E-state index in [0.29, 0.717) is 10.7 Å². The Morgan fingerprint density at radius 3 is 2.69 bits per heavy atom. The van der Waals surface area contributed by atoms with Gasteiger partial charge in [0.15, 0.2) is 0 Å². The van der Waals surface area contributed by atoms with Crippen molar-refractivity contribution in [2.45, 2.75) is 45.1 Å². The number of rotatable bonds is 6. The van der Waals surface area contributed by atoms with Crippen LogP contribution in [-0.2, 0) is 17.6 Å². The third kappa shape index (κ3) is 5.12. The molecule has 29 heavy (non-hydrogen) atoms. The number of carbonyl (C=O) groups excluding carboxylic acids is 1. The van der Waals surface area contributed by atoms with Crippen LogP contribution in [0.4, 0.5) is 5.69 Å². The lowest BCUT2D eigenvalue weighted by Crippen LogP contribution is -2.20. The molecule has 2 N–H and O–H groups in total. The summed E-state index contributed by atoms with van der Waals surface area (Å²) in [7, 11) is 0. The van der Waals surface area contributed by atoms with Crippen molar-refractivity contribution in [3.63, 3.8) is 0 Å². The molecule has 1 aliphatic rings. The van der Waals surface area contributed by atoms with Crippen LogP contribution in [0.3, 0.4) is 0 Å². The summed E-state index contributed by atoms with van der Waals surface area (Å²) in [6.45, 7) is 2.07. The Morgan fingerprint density at radius 1 is 1.21 bits per heavy atom. The average molecular weight is 428 g/mol. The van der Waals surface area contributed by atoms with Gasteiger partial charge in [-0.1, -0.05) is 54.4 Å². The molecule has 2 aromatic carbocycles. The Balaban J connectivity index is 1.73. The van der Waals surface area contributed by atoms with E-state index < -0.39 is 5.91 Å². The van der Waals surface area contributed by atoms with E-state index in [1.54, 1.807) is 18.2 Å². The van der Waals surface area contributed by atoms with Gasteiger partial charge in [0, 0.05) is 6.20 Å². The van der Waals surface area contributed by atoms with Crippen molar-refractivity contribution in [2.75, 3.05) is 5.32 Å².